The predicted molar refractivity (Wildman–Crippen MR) is 166 cm³/mol. The van der Waals surface area contributed by atoms with Crippen LogP contribution in [0.5, 0.6) is 11.5 Å². The van der Waals surface area contributed by atoms with Crippen LogP contribution in [0.25, 0.3) is 6.08 Å². The Balaban J connectivity index is 1.78. The number of benzene rings is 1. The van der Waals surface area contributed by atoms with Gasteiger partial charge in [-0.2, -0.15) is 0 Å². The van der Waals surface area contributed by atoms with E-state index in [0.29, 0.717) is 21.5 Å². The van der Waals surface area contributed by atoms with Crippen molar-refractivity contribution in [3.05, 3.63) is 28.7 Å². The zero-order chi connectivity index (χ0) is 28.5. The summed E-state index contributed by atoms with van der Waals surface area (Å²) in [4.78, 5) is 25.9. The molecular weight excluding hydrogens is 530 g/mol. The molecule has 1 heterocycles. The fraction of sp³-hybridized carbons (Fsp3) is 0.645. The van der Waals surface area contributed by atoms with Gasteiger partial charge in [-0.1, -0.05) is 101 Å². The molecule has 1 N–H and O–H groups in total. The van der Waals surface area contributed by atoms with E-state index in [1.54, 1.807) is 12.0 Å². The lowest BCUT2D eigenvalue weighted by Crippen LogP contribution is -2.29. The van der Waals surface area contributed by atoms with Gasteiger partial charge in [0.25, 0.3) is 5.91 Å². The van der Waals surface area contributed by atoms with E-state index in [0.717, 1.165) is 69.1 Å². The lowest BCUT2D eigenvalue weighted by Gasteiger charge is -2.17. The summed E-state index contributed by atoms with van der Waals surface area (Å²) < 4.78 is 12.4. The molecule has 1 aromatic rings. The van der Waals surface area contributed by atoms with Gasteiger partial charge in [-0.25, -0.2) is 0 Å². The van der Waals surface area contributed by atoms with Crippen LogP contribution in [0.1, 0.15) is 116 Å². The van der Waals surface area contributed by atoms with Crippen molar-refractivity contribution in [3.63, 3.8) is 0 Å². The first-order chi connectivity index (χ1) is 18.8. The molecule has 0 saturated carbocycles. The largest absolute Gasteiger partial charge is 0.493 e. The number of rotatable bonds is 21. The van der Waals surface area contributed by atoms with E-state index in [2.05, 4.69) is 13.8 Å². The second kappa shape index (κ2) is 19.1. The Hall–Kier alpha value is -2.06. The first-order valence-corrected chi connectivity index (χ1v) is 15.9. The van der Waals surface area contributed by atoms with Gasteiger partial charge < -0.3 is 14.6 Å². The molecule has 1 aliphatic rings. The highest BCUT2D eigenvalue weighted by atomic mass is 32.2. The molecule has 1 fully saturated rings. The van der Waals surface area contributed by atoms with E-state index in [1.165, 1.54) is 43.9 Å². The molecule has 2 rings (SSSR count). The molecule has 8 heteroatoms. The smallest absolute Gasteiger partial charge is 0.303 e. The zero-order valence-electron chi connectivity index (χ0n) is 24.0. The number of amides is 1. The van der Waals surface area contributed by atoms with Crippen molar-refractivity contribution in [2.75, 3.05) is 13.7 Å². The average Bonchev–Trinajstić information content (AvgIpc) is 3.17. The number of thiocarbonyl (C=S) groups is 1. The third-order valence-corrected chi connectivity index (χ3v) is 8.30. The van der Waals surface area contributed by atoms with Gasteiger partial charge in [-0.05, 0) is 56.4 Å². The van der Waals surface area contributed by atoms with Crippen molar-refractivity contribution >= 4 is 46.3 Å². The van der Waals surface area contributed by atoms with Gasteiger partial charge in [0.1, 0.15) is 4.32 Å². The monoisotopic (exact) mass is 577 g/mol. The average molecular weight is 578 g/mol. The van der Waals surface area contributed by atoms with Gasteiger partial charge in [0.2, 0.25) is 0 Å². The van der Waals surface area contributed by atoms with Crippen molar-refractivity contribution in [3.8, 4) is 11.5 Å². The quantitative estimate of drug-likeness (QED) is 0.0890. The Morgan fingerprint density at radius 2 is 1.64 bits per heavy atom. The number of methoxy groups -OCH3 is 1. The standard InChI is InChI=1S/C31H47NO5S2/c1-4-5-6-11-14-17-24(2)37-26-20-19-25(22-27(26)36-3)23-28-30(35)32(31(38)39-28)21-16-13-10-8-7-9-12-15-18-29(33)34/h19-20,22-24H,4-18,21H2,1-3H3,(H,33,34)/b28-23+/t24-/m0/s1. The van der Waals surface area contributed by atoms with E-state index in [9.17, 15) is 9.59 Å². The number of hydrogen-bond acceptors (Lipinski definition) is 6. The normalized spacial score (nSPS) is 15.3. The second-order valence-corrected chi connectivity index (χ2v) is 12.0. The number of hydrogen-bond donors (Lipinski definition) is 1. The van der Waals surface area contributed by atoms with Crippen LogP contribution in [0.15, 0.2) is 23.1 Å². The summed E-state index contributed by atoms with van der Waals surface area (Å²) in [5, 5.41) is 8.68. The first-order valence-electron chi connectivity index (χ1n) is 14.7. The van der Waals surface area contributed by atoms with Crippen LogP contribution in [0.2, 0.25) is 0 Å². The van der Waals surface area contributed by atoms with Gasteiger partial charge >= 0.3 is 5.97 Å². The molecule has 1 saturated heterocycles. The Morgan fingerprint density at radius 3 is 2.31 bits per heavy atom. The predicted octanol–water partition coefficient (Wildman–Crippen LogP) is 8.62. The number of carbonyl (C=O) groups is 2. The van der Waals surface area contributed by atoms with Crippen LogP contribution in [-0.2, 0) is 9.59 Å². The highest BCUT2D eigenvalue weighted by Gasteiger charge is 2.31. The number of carbonyl (C=O) groups excluding carboxylic acids is 1. The van der Waals surface area contributed by atoms with E-state index < -0.39 is 5.97 Å². The Bertz CT molecular complexity index is 949. The molecule has 39 heavy (non-hydrogen) atoms. The number of unbranched alkanes of at least 4 members (excludes halogenated alkanes) is 11. The topological polar surface area (TPSA) is 76.1 Å². The van der Waals surface area contributed by atoms with Crippen molar-refractivity contribution in [2.45, 2.75) is 116 Å². The highest BCUT2D eigenvalue weighted by Crippen LogP contribution is 2.35. The maximum atomic E-state index is 13.0. The summed E-state index contributed by atoms with van der Waals surface area (Å²) in [6, 6.07) is 5.79. The SMILES string of the molecule is CCCCCCC[C@H](C)Oc1ccc(/C=C2/SC(=S)N(CCCCCCCCCCC(=O)O)C2=O)cc1OC. The summed E-state index contributed by atoms with van der Waals surface area (Å²) in [6.45, 7) is 4.97. The zero-order valence-corrected chi connectivity index (χ0v) is 25.7. The molecule has 1 amide bonds. The lowest BCUT2D eigenvalue weighted by atomic mass is 10.1. The summed E-state index contributed by atoms with van der Waals surface area (Å²) >= 11 is 6.86. The molecule has 218 valence electrons. The minimum atomic E-state index is -0.712. The molecule has 1 aromatic carbocycles. The third-order valence-electron chi connectivity index (χ3n) is 6.92. The van der Waals surface area contributed by atoms with Gasteiger partial charge in [0.05, 0.1) is 18.1 Å². The van der Waals surface area contributed by atoms with Gasteiger partial charge in [-0.15, -0.1) is 0 Å². The Kier molecular flexibility index (Phi) is 16.2. The third kappa shape index (κ3) is 12.8. The van der Waals surface area contributed by atoms with Crippen LogP contribution in [-0.4, -0.2) is 46.0 Å². The summed E-state index contributed by atoms with van der Waals surface area (Å²) in [6.07, 6.45) is 17.7. The van der Waals surface area contributed by atoms with Crippen LogP contribution < -0.4 is 9.47 Å². The van der Waals surface area contributed by atoms with Crippen molar-refractivity contribution in [2.24, 2.45) is 0 Å². The number of ether oxygens (including phenoxy) is 2. The fourth-order valence-corrected chi connectivity index (χ4v) is 5.94. The minimum absolute atomic E-state index is 0.0283. The molecule has 0 aliphatic carbocycles. The molecular formula is C31H47NO5S2. The van der Waals surface area contributed by atoms with E-state index in [1.807, 2.05) is 24.3 Å². The summed E-state index contributed by atoms with van der Waals surface area (Å²) in [5.41, 5.74) is 0.885. The van der Waals surface area contributed by atoms with Crippen molar-refractivity contribution < 1.29 is 24.2 Å². The van der Waals surface area contributed by atoms with Gasteiger partial charge in [-0.3, -0.25) is 14.5 Å². The number of carboxylic acids is 1. The summed E-state index contributed by atoms with van der Waals surface area (Å²) in [7, 11) is 1.64. The molecule has 0 bridgehead atoms. The van der Waals surface area contributed by atoms with Gasteiger partial charge in [0, 0.05) is 13.0 Å². The number of thioether (sulfide) groups is 1. The fourth-order valence-electron chi connectivity index (χ4n) is 4.63. The van der Waals surface area contributed by atoms with Crippen LogP contribution in [0.3, 0.4) is 0 Å². The Labute approximate surface area is 244 Å². The maximum absolute atomic E-state index is 13.0. The second-order valence-electron chi connectivity index (χ2n) is 10.3. The summed E-state index contributed by atoms with van der Waals surface area (Å²) in [5.74, 6) is 0.651. The van der Waals surface area contributed by atoms with E-state index >= 15 is 0 Å². The maximum Gasteiger partial charge on any atom is 0.303 e. The van der Waals surface area contributed by atoms with Crippen molar-refractivity contribution in [1.29, 1.82) is 0 Å². The number of aliphatic carboxylic acids is 1. The molecule has 1 aliphatic heterocycles. The molecule has 6 nitrogen and oxygen atoms in total. The lowest BCUT2D eigenvalue weighted by molar-refractivity contribution is -0.137. The number of nitrogens with zero attached hydrogens (tertiary/aromatic N) is 1. The van der Waals surface area contributed by atoms with E-state index in [4.69, 9.17) is 26.8 Å². The van der Waals surface area contributed by atoms with Gasteiger partial charge in [0.15, 0.2) is 11.5 Å². The molecule has 0 unspecified atom stereocenters. The molecule has 1 atom stereocenters. The van der Waals surface area contributed by atoms with E-state index in [-0.39, 0.29) is 18.4 Å². The minimum Gasteiger partial charge on any atom is -0.493 e. The van der Waals surface area contributed by atoms with Crippen molar-refractivity contribution in [1.82, 2.24) is 4.90 Å². The van der Waals surface area contributed by atoms with Crippen LogP contribution in [0, 0.1) is 0 Å². The Morgan fingerprint density at radius 1 is 1.00 bits per heavy atom. The van der Waals surface area contributed by atoms with Crippen LogP contribution in [0.4, 0.5) is 0 Å². The molecule has 0 radical (unpaired) electrons. The number of carboxylic acid groups (broad SMARTS) is 1. The van der Waals surface area contributed by atoms with Crippen LogP contribution >= 0.6 is 24.0 Å². The first kappa shape index (κ1) is 33.1. The highest BCUT2D eigenvalue weighted by molar-refractivity contribution is 8.26. The molecule has 0 spiro atoms. The molecule has 0 aromatic heterocycles.